The summed E-state index contributed by atoms with van der Waals surface area (Å²) in [4.78, 5) is 12.1. The molecule has 1 atom stereocenters. The van der Waals surface area contributed by atoms with Gasteiger partial charge in [-0.05, 0) is 49.6 Å². The molecule has 0 heterocycles. The lowest BCUT2D eigenvalue weighted by molar-refractivity contribution is -0.115. The SMILES string of the molecule is Cc1ccc(C)c(NC(=O)CN[C@@H](C)c2ccccc2Cl)c1. The molecular weight excluding hydrogens is 296 g/mol. The number of benzene rings is 2. The van der Waals surface area contributed by atoms with Crippen LogP contribution in [0.25, 0.3) is 0 Å². The number of halogens is 1. The lowest BCUT2D eigenvalue weighted by Gasteiger charge is -2.16. The van der Waals surface area contributed by atoms with Gasteiger partial charge in [0, 0.05) is 16.8 Å². The van der Waals surface area contributed by atoms with Gasteiger partial charge >= 0.3 is 0 Å². The fraction of sp³-hybridized carbons (Fsp3) is 0.278. The summed E-state index contributed by atoms with van der Waals surface area (Å²) in [7, 11) is 0. The number of aryl methyl sites for hydroxylation is 2. The average molecular weight is 317 g/mol. The fourth-order valence-corrected chi connectivity index (χ4v) is 2.55. The molecular formula is C18H21ClN2O. The van der Waals surface area contributed by atoms with Crippen LogP contribution in [0.1, 0.15) is 29.7 Å². The summed E-state index contributed by atoms with van der Waals surface area (Å²) in [5.41, 5.74) is 4.03. The normalized spacial score (nSPS) is 12.0. The Morgan fingerprint density at radius 1 is 1.18 bits per heavy atom. The van der Waals surface area contributed by atoms with Crippen LogP contribution in [0, 0.1) is 13.8 Å². The molecule has 2 aromatic carbocycles. The van der Waals surface area contributed by atoms with E-state index in [0.717, 1.165) is 22.4 Å². The molecule has 2 aromatic rings. The van der Waals surface area contributed by atoms with Crippen molar-refractivity contribution in [3.8, 4) is 0 Å². The Balaban J connectivity index is 1.93. The van der Waals surface area contributed by atoms with E-state index in [0.29, 0.717) is 5.02 Å². The minimum absolute atomic E-state index is 0.0121. The molecule has 0 fully saturated rings. The van der Waals surface area contributed by atoms with E-state index < -0.39 is 0 Å². The van der Waals surface area contributed by atoms with Gasteiger partial charge in [-0.25, -0.2) is 0 Å². The summed E-state index contributed by atoms with van der Waals surface area (Å²) in [6.07, 6.45) is 0. The quantitative estimate of drug-likeness (QED) is 0.866. The van der Waals surface area contributed by atoms with Crippen LogP contribution < -0.4 is 10.6 Å². The number of carbonyl (C=O) groups is 1. The zero-order valence-corrected chi connectivity index (χ0v) is 13.9. The number of rotatable bonds is 5. The van der Waals surface area contributed by atoms with Gasteiger partial charge in [-0.1, -0.05) is 41.9 Å². The monoisotopic (exact) mass is 316 g/mol. The molecule has 0 aliphatic carbocycles. The Morgan fingerprint density at radius 2 is 1.91 bits per heavy atom. The third-order valence-electron chi connectivity index (χ3n) is 3.61. The first kappa shape index (κ1) is 16.5. The van der Waals surface area contributed by atoms with Crippen molar-refractivity contribution in [1.29, 1.82) is 0 Å². The van der Waals surface area contributed by atoms with Crippen molar-refractivity contribution in [1.82, 2.24) is 5.32 Å². The average Bonchev–Trinajstić information content (AvgIpc) is 2.49. The highest BCUT2D eigenvalue weighted by atomic mass is 35.5. The summed E-state index contributed by atoms with van der Waals surface area (Å²) in [5, 5.41) is 6.84. The van der Waals surface area contributed by atoms with Crippen LogP contribution in [-0.4, -0.2) is 12.5 Å². The van der Waals surface area contributed by atoms with E-state index in [1.165, 1.54) is 0 Å². The number of carbonyl (C=O) groups excluding carboxylic acids is 1. The minimum atomic E-state index is -0.0624. The first-order chi connectivity index (χ1) is 10.5. The number of hydrogen-bond donors (Lipinski definition) is 2. The first-order valence-electron chi connectivity index (χ1n) is 7.32. The van der Waals surface area contributed by atoms with Crippen molar-refractivity contribution in [2.24, 2.45) is 0 Å². The van der Waals surface area contributed by atoms with Gasteiger partial charge < -0.3 is 10.6 Å². The molecule has 0 aromatic heterocycles. The molecule has 0 saturated heterocycles. The molecule has 116 valence electrons. The summed E-state index contributed by atoms with van der Waals surface area (Å²) < 4.78 is 0. The van der Waals surface area contributed by atoms with Crippen LogP contribution >= 0.6 is 11.6 Å². The molecule has 4 heteroatoms. The second kappa shape index (κ2) is 7.43. The van der Waals surface area contributed by atoms with Crippen molar-refractivity contribution in [3.63, 3.8) is 0 Å². The van der Waals surface area contributed by atoms with E-state index in [-0.39, 0.29) is 18.5 Å². The molecule has 3 nitrogen and oxygen atoms in total. The topological polar surface area (TPSA) is 41.1 Å². The van der Waals surface area contributed by atoms with Crippen molar-refractivity contribution in [2.45, 2.75) is 26.8 Å². The van der Waals surface area contributed by atoms with E-state index in [9.17, 15) is 4.79 Å². The summed E-state index contributed by atoms with van der Waals surface area (Å²) in [6.45, 7) is 6.22. The maximum atomic E-state index is 12.1. The molecule has 1 amide bonds. The highest BCUT2D eigenvalue weighted by Gasteiger charge is 2.11. The van der Waals surface area contributed by atoms with E-state index in [1.54, 1.807) is 0 Å². The maximum Gasteiger partial charge on any atom is 0.238 e. The molecule has 2 N–H and O–H groups in total. The van der Waals surface area contributed by atoms with Gasteiger partial charge in [0.1, 0.15) is 0 Å². The van der Waals surface area contributed by atoms with Crippen molar-refractivity contribution < 1.29 is 4.79 Å². The Kier molecular flexibility index (Phi) is 5.58. The standard InChI is InChI=1S/C18H21ClN2O/c1-12-8-9-13(2)17(10-12)21-18(22)11-20-14(3)15-6-4-5-7-16(15)19/h4-10,14,20H,11H2,1-3H3,(H,21,22)/t14-/m0/s1. The highest BCUT2D eigenvalue weighted by Crippen LogP contribution is 2.22. The van der Waals surface area contributed by atoms with Gasteiger partial charge in [-0.15, -0.1) is 0 Å². The van der Waals surface area contributed by atoms with Crippen molar-refractivity contribution in [3.05, 3.63) is 64.2 Å². The van der Waals surface area contributed by atoms with Crippen LogP contribution in [0.4, 0.5) is 5.69 Å². The molecule has 0 radical (unpaired) electrons. The predicted octanol–water partition coefficient (Wildman–Crippen LogP) is 4.25. The molecule has 2 rings (SSSR count). The molecule has 0 aliphatic heterocycles. The van der Waals surface area contributed by atoms with Gasteiger partial charge in [-0.3, -0.25) is 4.79 Å². The summed E-state index contributed by atoms with van der Waals surface area (Å²) in [5.74, 6) is -0.0624. The minimum Gasteiger partial charge on any atom is -0.325 e. The number of anilines is 1. The van der Waals surface area contributed by atoms with Gasteiger partial charge in [0.05, 0.1) is 6.54 Å². The third-order valence-corrected chi connectivity index (χ3v) is 3.95. The van der Waals surface area contributed by atoms with Gasteiger partial charge in [-0.2, -0.15) is 0 Å². The van der Waals surface area contributed by atoms with Crippen molar-refractivity contribution >= 4 is 23.2 Å². The maximum absolute atomic E-state index is 12.1. The third kappa shape index (κ3) is 4.33. The molecule has 0 saturated carbocycles. The van der Waals surface area contributed by atoms with Gasteiger partial charge in [0.15, 0.2) is 0 Å². The Bertz CT molecular complexity index is 670. The fourth-order valence-electron chi connectivity index (χ4n) is 2.25. The smallest absolute Gasteiger partial charge is 0.238 e. The van der Waals surface area contributed by atoms with E-state index in [1.807, 2.05) is 63.2 Å². The number of nitrogens with one attached hydrogen (secondary N) is 2. The van der Waals surface area contributed by atoms with E-state index in [4.69, 9.17) is 11.6 Å². The summed E-state index contributed by atoms with van der Waals surface area (Å²) in [6, 6.07) is 13.7. The molecule has 0 aliphatic rings. The zero-order chi connectivity index (χ0) is 16.1. The Hall–Kier alpha value is -1.84. The lowest BCUT2D eigenvalue weighted by atomic mass is 10.1. The van der Waals surface area contributed by atoms with Crippen LogP contribution in [0.5, 0.6) is 0 Å². The lowest BCUT2D eigenvalue weighted by Crippen LogP contribution is -2.30. The second-order valence-corrected chi connectivity index (χ2v) is 5.90. The summed E-state index contributed by atoms with van der Waals surface area (Å²) >= 11 is 6.16. The second-order valence-electron chi connectivity index (χ2n) is 5.49. The number of amides is 1. The van der Waals surface area contributed by atoms with Crippen LogP contribution in [-0.2, 0) is 4.79 Å². The Labute approximate surface area is 136 Å². The van der Waals surface area contributed by atoms with Crippen LogP contribution in [0.15, 0.2) is 42.5 Å². The molecule has 0 unspecified atom stereocenters. The number of hydrogen-bond acceptors (Lipinski definition) is 2. The predicted molar refractivity (Wildman–Crippen MR) is 92.4 cm³/mol. The molecule has 0 bridgehead atoms. The molecule has 0 spiro atoms. The van der Waals surface area contributed by atoms with E-state index >= 15 is 0 Å². The highest BCUT2D eigenvalue weighted by molar-refractivity contribution is 6.31. The molecule has 22 heavy (non-hydrogen) atoms. The van der Waals surface area contributed by atoms with E-state index in [2.05, 4.69) is 10.6 Å². The first-order valence-corrected chi connectivity index (χ1v) is 7.70. The van der Waals surface area contributed by atoms with Crippen LogP contribution in [0.2, 0.25) is 5.02 Å². The largest absolute Gasteiger partial charge is 0.325 e. The van der Waals surface area contributed by atoms with Gasteiger partial charge in [0.2, 0.25) is 5.91 Å². The van der Waals surface area contributed by atoms with Crippen LogP contribution in [0.3, 0.4) is 0 Å². The van der Waals surface area contributed by atoms with Crippen molar-refractivity contribution in [2.75, 3.05) is 11.9 Å². The Morgan fingerprint density at radius 3 is 2.64 bits per heavy atom. The zero-order valence-electron chi connectivity index (χ0n) is 13.1. The van der Waals surface area contributed by atoms with Gasteiger partial charge in [0.25, 0.3) is 0 Å².